The predicted octanol–water partition coefficient (Wildman–Crippen LogP) is 3.65. The maximum absolute atomic E-state index is 11.5. The summed E-state index contributed by atoms with van der Waals surface area (Å²) >= 11 is 0. The van der Waals surface area contributed by atoms with Crippen molar-refractivity contribution in [2.24, 2.45) is 0 Å². The largest absolute Gasteiger partial charge is 0.457 e. The van der Waals surface area contributed by atoms with E-state index in [1.807, 2.05) is 54.6 Å². The third-order valence-electron chi connectivity index (χ3n) is 5.70. The summed E-state index contributed by atoms with van der Waals surface area (Å²) in [5.41, 5.74) is 5.51. The number of morpholine rings is 1. The SMILES string of the molecule is O=C1CC2=C(C=CC(=Cc3ccc(Oc4ccc(CC5COCC(=O)N5)cc4)cc3)C2)N1. The molecule has 32 heavy (non-hydrogen) atoms. The summed E-state index contributed by atoms with van der Waals surface area (Å²) in [7, 11) is 0. The fourth-order valence-electron chi connectivity index (χ4n) is 4.16. The maximum atomic E-state index is 11.5. The molecule has 2 amide bonds. The lowest BCUT2D eigenvalue weighted by atomic mass is 9.96. The van der Waals surface area contributed by atoms with Crippen molar-refractivity contribution in [1.29, 1.82) is 0 Å². The first kappa shape index (κ1) is 20.3. The van der Waals surface area contributed by atoms with Gasteiger partial charge in [0.1, 0.15) is 18.1 Å². The highest BCUT2D eigenvalue weighted by atomic mass is 16.5. The lowest BCUT2D eigenvalue weighted by molar-refractivity contribution is -0.131. The maximum Gasteiger partial charge on any atom is 0.246 e. The number of nitrogens with one attached hydrogen (secondary N) is 2. The second-order valence-electron chi connectivity index (χ2n) is 8.27. The van der Waals surface area contributed by atoms with E-state index in [4.69, 9.17) is 9.47 Å². The molecule has 1 atom stereocenters. The van der Waals surface area contributed by atoms with Crippen molar-refractivity contribution in [3.63, 3.8) is 0 Å². The summed E-state index contributed by atoms with van der Waals surface area (Å²) in [6, 6.07) is 15.9. The second kappa shape index (κ2) is 8.85. The summed E-state index contributed by atoms with van der Waals surface area (Å²) in [5.74, 6) is 1.54. The van der Waals surface area contributed by atoms with Gasteiger partial charge in [-0.1, -0.05) is 36.4 Å². The van der Waals surface area contributed by atoms with Crippen LogP contribution < -0.4 is 15.4 Å². The summed E-state index contributed by atoms with van der Waals surface area (Å²) in [5, 5.41) is 5.83. The Morgan fingerprint density at radius 1 is 0.938 bits per heavy atom. The Kier molecular flexibility index (Phi) is 5.60. The molecule has 6 heteroatoms. The van der Waals surface area contributed by atoms with Gasteiger partial charge in [-0.05, 0) is 65.5 Å². The molecule has 2 aromatic carbocycles. The van der Waals surface area contributed by atoms with E-state index in [0.29, 0.717) is 13.0 Å². The monoisotopic (exact) mass is 428 g/mol. The number of benzene rings is 2. The first-order chi connectivity index (χ1) is 15.6. The van der Waals surface area contributed by atoms with Crippen LogP contribution >= 0.6 is 0 Å². The van der Waals surface area contributed by atoms with E-state index in [2.05, 4.69) is 22.8 Å². The van der Waals surface area contributed by atoms with Gasteiger partial charge in [-0.3, -0.25) is 9.59 Å². The zero-order valence-electron chi connectivity index (χ0n) is 17.6. The fourth-order valence-corrected chi connectivity index (χ4v) is 4.16. The third-order valence-corrected chi connectivity index (χ3v) is 5.70. The van der Waals surface area contributed by atoms with Crippen LogP contribution in [-0.2, 0) is 20.7 Å². The van der Waals surface area contributed by atoms with E-state index >= 15 is 0 Å². The second-order valence-corrected chi connectivity index (χ2v) is 8.27. The van der Waals surface area contributed by atoms with Crippen molar-refractivity contribution in [2.75, 3.05) is 13.2 Å². The molecule has 0 aromatic heterocycles. The average Bonchev–Trinajstić information content (AvgIpc) is 3.16. The van der Waals surface area contributed by atoms with Crippen LogP contribution in [0.3, 0.4) is 0 Å². The van der Waals surface area contributed by atoms with Gasteiger partial charge in [-0.15, -0.1) is 0 Å². The van der Waals surface area contributed by atoms with Crippen LogP contribution in [-0.4, -0.2) is 31.1 Å². The number of hydrogen-bond donors (Lipinski definition) is 2. The van der Waals surface area contributed by atoms with Crippen LogP contribution in [0, 0.1) is 0 Å². The van der Waals surface area contributed by atoms with Gasteiger partial charge in [0, 0.05) is 5.70 Å². The van der Waals surface area contributed by atoms with E-state index in [9.17, 15) is 9.59 Å². The molecule has 1 unspecified atom stereocenters. The molecule has 2 aliphatic heterocycles. The highest BCUT2D eigenvalue weighted by Gasteiger charge is 2.22. The molecule has 3 aliphatic rings. The number of allylic oxidation sites excluding steroid dienone is 3. The lowest BCUT2D eigenvalue weighted by Crippen LogP contribution is -2.46. The van der Waals surface area contributed by atoms with Gasteiger partial charge in [0.2, 0.25) is 11.8 Å². The Bertz CT molecular complexity index is 1130. The van der Waals surface area contributed by atoms with E-state index in [0.717, 1.165) is 46.7 Å². The molecule has 1 aliphatic carbocycles. The van der Waals surface area contributed by atoms with E-state index in [1.165, 1.54) is 5.57 Å². The van der Waals surface area contributed by atoms with Gasteiger partial charge in [-0.25, -0.2) is 0 Å². The van der Waals surface area contributed by atoms with E-state index in [1.54, 1.807) is 0 Å². The Morgan fingerprint density at radius 3 is 2.44 bits per heavy atom. The smallest absolute Gasteiger partial charge is 0.246 e. The highest BCUT2D eigenvalue weighted by Crippen LogP contribution is 2.30. The average molecular weight is 428 g/mol. The minimum Gasteiger partial charge on any atom is -0.457 e. The quantitative estimate of drug-likeness (QED) is 0.762. The van der Waals surface area contributed by atoms with Crippen molar-refractivity contribution in [1.82, 2.24) is 10.6 Å². The van der Waals surface area contributed by atoms with Crippen LogP contribution in [0.4, 0.5) is 0 Å². The summed E-state index contributed by atoms with van der Waals surface area (Å²) < 4.78 is 11.3. The zero-order valence-corrected chi connectivity index (χ0v) is 17.6. The van der Waals surface area contributed by atoms with Gasteiger partial charge < -0.3 is 20.1 Å². The topological polar surface area (TPSA) is 76.7 Å². The van der Waals surface area contributed by atoms with E-state index < -0.39 is 0 Å². The molecule has 0 saturated carbocycles. The number of hydrogen-bond acceptors (Lipinski definition) is 4. The summed E-state index contributed by atoms with van der Waals surface area (Å²) in [4.78, 5) is 23.0. The van der Waals surface area contributed by atoms with Crippen LogP contribution in [0.25, 0.3) is 6.08 Å². The molecule has 1 saturated heterocycles. The first-order valence-corrected chi connectivity index (χ1v) is 10.8. The number of carbonyl (C=O) groups excluding carboxylic acids is 2. The first-order valence-electron chi connectivity index (χ1n) is 10.8. The number of amides is 2. The Hall–Kier alpha value is -3.64. The number of ether oxygens (including phenoxy) is 2. The van der Waals surface area contributed by atoms with Crippen molar-refractivity contribution in [2.45, 2.75) is 25.3 Å². The third kappa shape index (κ3) is 4.81. The molecule has 2 heterocycles. The molecule has 0 radical (unpaired) electrons. The van der Waals surface area contributed by atoms with Crippen molar-refractivity contribution in [3.05, 3.63) is 88.7 Å². The minimum absolute atomic E-state index is 0.0111. The summed E-state index contributed by atoms with van der Waals surface area (Å²) in [6.45, 7) is 0.684. The molecule has 0 spiro atoms. The van der Waals surface area contributed by atoms with Crippen LogP contribution in [0.1, 0.15) is 24.0 Å². The van der Waals surface area contributed by atoms with Crippen molar-refractivity contribution in [3.8, 4) is 11.5 Å². The van der Waals surface area contributed by atoms with Crippen LogP contribution in [0.5, 0.6) is 11.5 Å². The molecule has 5 rings (SSSR count). The molecule has 0 bridgehead atoms. The molecule has 2 aromatic rings. The predicted molar refractivity (Wildman–Crippen MR) is 121 cm³/mol. The normalized spacial score (nSPS) is 21.4. The lowest BCUT2D eigenvalue weighted by Gasteiger charge is -2.23. The Balaban J connectivity index is 1.17. The van der Waals surface area contributed by atoms with Gasteiger partial charge in [0.25, 0.3) is 0 Å². The molecule has 1 fully saturated rings. The van der Waals surface area contributed by atoms with Gasteiger partial charge >= 0.3 is 0 Å². The van der Waals surface area contributed by atoms with E-state index in [-0.39, 0.29) is 24.5 Å². The molecular weight excluding hydrogens is 404 g/mol. The van der Waals surface area contributed by atoms with Crippen molar-refractivity contribution < 1.29 is 19.1 Å². The fraction of sp³-hybridized carbons (Fsp3) is 0.231. The highest BCUT2D eigenvalue weighted by molar-refractivity contribution is 5.86. The zero-order chi connectivity index (χ0) is 21.9. The summed E-state index contributed by atoms with van der Waals surface area (Å²) in [6.07, 6.45) is 8.19. The molecular formula is C26H24N2O4. The Labute approximate surface area is 186 Å². The standard InChI is InChI=1S/C26H24N2O4/c29-25-14-20-12-19(5-10-24(20)28-25)11-17-1-6-22(7-2-17)32-23-8-3-18(4-9-23)13-21-15-31-16-26(30)27-21/h1-11,21H,12-16H2,(H,27,30)(H,28,29). The molecule has 2 N–H and O–H groups in total. The van der Waals surface area contributed by atoms with Crippen molar-refractivity contribution >= 4 is 17.9 Å². The molecule has 6 nitrogen and oxygen atoms in total. The minimum atomic E-state index is -0.0627. The molecule has 162 valence electrons. The van der Waals surface area contributed by atoms with Gasteiger partial charge in [0.15, 0.2) is 0 Å². The Morgan fingerprint density at radius 2 is 1.69 bits per heavy atom. The number of carbonyl (C=O) groups is 2. The van der Waals surface area contributed by atoms with Crippen LogP contribution in [0.15, 0.2) is 77.5 Å². The van der Waals surface area contributed by atoms with Gasteiger partial charge in [0.05, 0.1) is 19.1 Å². The number of rotatable bonds is 5. The van der Waals surface area contributed by atoms with Crippen LogP contribution in [0.2, 0.25) is 0 Å². The van der Waals surface area contributed by atoms with Gasteiger partial charge in [-0.2, -0.15) is 0 Å².